The lowest BCUT2D eigenvalue weighted by Crippen LogP contribution is -2.26. The molecule has 0 radical (unpaired) electrons. The molecule has 0 bridgehead atoms. The first-order valence-corrected chi connectivity index (χ1v) is 8.49. The number of aromatic hydroxyl groups is 3. The fraction of sp³-hybridized carbons (Fsp3) is 0.100. The standard InChI is InChI=1S/C20H12O9/c21-7-3-1-5-9-11(7)16(23)14(19(25)27-9)13-15-17(29-18(13)24)12-8(22)4-2-6-10(12)28-20(15)26/h1-6,13,18,21-24H. The van der Waals surface area contributed by atoms with Gasteiger partial charge in [-0.25, -0.2) is 9.59 Å². The van der Waals surface area contributed by atoms with Gasteiger partial charge in [-0.3, -0.25) is 0 Å². The van der Waals surface area contributed by atoms with Crippen LogP contribution in [0.4, 0.5) is 0 Å². The van der Waals surface area contributed by atoms with Gasteiger partial charge in [-0.2, -0.15) is 0 Å². The van der Waals surface area contributed by atoms with Crippen molar-refractivity contribution in [2.75, 3.05) is 0 Å². The van der Waals surface area contributed by atoms with Crippen molar-refractivity contribution in [1.29, 1.82) is 0 Å². The van der Waals surface area contributed by atoms with Gasteiger partial charge < -0.3 is 34.0 Å². The van der Waals surface area contributed by atoms with Gasteiger partial charge in [0.1, 0.15) is 44.9 Å². The zero-order valence-corrected chi connectivity index (χ0v) is 14.4. The molecule has 2 aromatic carbocycles. The summed E-state index contributed by atoms with van der Waals surface area (Å²) in [6.45, 7) is 0. The first-order chi connectivity index (χ1) is 13.9. The second-order valence-corrected chi connectivity index (χ2v) is 6.57. The molecule has 2 atom stereocenters. The molecule has 0 saturated heterocycles. The SMILES string of the molecule is O=c1oc2cccc(O)c2c(O)c1C1c2c(c3c(O)cccc3oc2=O)OC1O. The third-order valence-electron chi connectivity index (χ3n) is 4.96. The fourth-order valence-corrected chi connectivity index (χ4v) is 3.73. The van der Waals surface area contributed by atoms with Gasteiger partial charge in [0.25, 0.3) is 0 Å². The molecule has 29 heavy (non-hydrogen) atoms. The maximum atomic E-state index is 12.6. The lowest BCUT2D eigenvalue weighted by Gasteiger charge is -2.14. The molecule has 9 heteroatoms. The molecule has 1 aliphatic rings. The van der Waals surface area contributed by atoms with Gasteiger partial charge >= 0.3 is 11.3 Å². The van der Waals surface area contributed by atoms with Gasteiger partial charge in [0.05, 0.1) is 17.0 Å². The van der Waals surface area contributed by atoms with E-state index in [0.29, 0.717) is 0 Å². The van der Waals surface area contributed by atoms with Crippen molar-refractivity contribution < 1.29 is 34.0 Å². The van der Waals surface area contributed by atoms with Crippen molar-refractivity contribution in [3.63, 3.8) is 0 Å². The number of phenolic OH excluding ortho intramolecular Hbond substituents is 2. The summed E-state index contributed by atoms with van der Waals surface area (Å²) in [5.41, 5.74) is -2.74. The van der Waals surface area contributed by atoms with Gasteiger partial charge in [0, 0.05) is 0 Å². The summed E-state index contributed by atoms with van der Waals surface area (Å²) in [4.78, 5) is 25.2. The topological polar surface area (TPSA) is 151 Å². The monoisotopic (exact) mass is 396 g/mol. The minimum Gasteiger partial charge on any atom is -0.507 e. The molecular formula is C20H12O9. The molecule has 5 rings (SSSR count). The quantitative estimate of drug-likeness (QED) is 0.353. The Morgan fingerprint density at radius 3 is 1.97 bits per heavy atom. The number of fused-ring (bicyclic) bond motifs is 4. The summed E-state index contributed by atoms with van der Waals surface area (Å²) in [5, 5.41) is 41.3. The van der Waals surface area contributed by atoms with Gasteiger partial charge in [-0.15, -0.1) is 0 Å². The van der Waals surface area contributed by atoms with E-state index in [0.717, 1.165) is 0 Å². The maximum Gasteiger partial charge on any atom is 0.344 e. The van der Waals surface area contributed by atoms with Crippen molar-refractivity contribution in [3.05, 3.63) is 68.4 Å². The Kier molecular flexibility index (Phi) is 3.40. The normalized spacial score (nSPS) is 18.1. The highest BCUT2D eigenvalue weighted by Crippen LogP contribution is 2.48. The lowest BCUT2D eigenvalue weighted by atomic mass is 9.92. The number of phenols is 2. The predicted molar refractivity (Wildman–Crippen MR) is 98.4 cm³/mol. The molecule has 0 saturated carbocycles. The molecule has 0 amide bonds. The van der Waals surface area contributed by atoms with E-state index in [1.807, 2.05) is 0 Å². The highest BCUT2D eigenvalue weighted by atomic mass is 16.6. The minimum absolute atomic E-state index is 0.0222. The summed E-state index contributed by atoms with van der Waals surface area (Å²) < 4.78 is 15.7. The molecule has 0 aliphatic carbocycles. The second-order valence-electron chi connectivity index (χ2n) is 6.57. The van der Waals surface area contributed by atoms with Crippen LogP contribution < -0.4 is 16.0 Å². The van der Waals surface area contributed by atoms with Crippen LogP contribution in [0.25, 0.3) is 21.9 Å². The number of aliphatic hydroxyl groups excluding tert-OH is 1. The molecule has 2 aromatic heterocycles. The first kappa shape index (κ1) is 17.1. The molecule has 2 unspecified atom stereocenters. The van der Waals surface area contributed by atoms with Crippen molar-refractivity contribution in [3.8, 4) is 23.0 Å². The Balaban J connectivity index is 1.87. The molecule has 0 spiro atoms. The fourth-order valence-electron chi connectivity index (χ4n) is 3.73. The second kappa shape index (κ2) is 5.76. The molecule has 1 aliphatic heterocycles. The van der Waals surface area contributed by atoms with Gasteiger partial charge in [-0.1, -0.05) is 12.1 Å². The number of benzene rings is 2. The highest BCUT2D eigenvalue weighted by Gasteiger charge is 2.43. The van der Waals surface area contributed by atoms with E-state index in [1.54, 1.807) is 0 Å². The van der Waals surface area contributed by atoms with Gasteiger partial charge in [0.2, 0.25) is 6.29 Å². The van der Waals surface area contributed by atoms with Crippen molar-refractivity contribution in [1.82, 2.24) is 0 Å². The third-order valence-corrected chi connectivity index (χ3v) is 4.96. The Hall–Kier alpha value is -3.98. The van der Waals surface area contributed by atoms with Gasteiger partial charge in [0.15, 0.2) is 0 Å². The highest BCUT2D eigenvalue weighted by molar-refractivity contribution is 5.92. The van der Waals surface area contributed by atoms with Crippen molar-refractivity contribution in [2.24, 2.45) is 0 Å². The van der Waals surface area contributed by atoms with Crippen LogP contribution >= 0.6 is 0 Å². The Morgan fingerprint density at radius 1 is 0.759 bits per heavy atom. The largest absolute Gasteiger partial charge is 0.507 e. The van der Waals surface area contributed by atoms with Crippen molar-refractivity contribution >= 4 is 21.9 Å². The lowest BCUT2D eigenvalue weighted by molar-refractivity contribution is -0.00991. The number of aliphatic hydroxyl groups is 1. The Bertz CT molecular complexity index is 1430. The maximum absolute atomic E-state index is 12.6. The molecule has 0 fully saturated rings. The van der Waals surface area contributed by atoms with Crippen LogP contribution in [0, 0.1) is 0 Å². The summed E-state index contributed by atoms with van der Waals surface area (Å²) >= 11 is 0. The van der Waals surface area contributed by atoms with Crippen LogP contribution in [0.1, 0.15) is 17.0 Å². The van der Waals surface area contributed by atoms with E-state index in [4.69, 9.17) is 13.6 Å². The van der Waals surface area contributed by atoms with Gasteiger partial charge in [-0.05, 0) is 24.3 Å². The Labute approximate surface area is 160 Å². The Morgan fingerprint density at radius 2 is 1.31 bits per heavy atom. The van der Waals surface area contributed by atoms with E-state index in [9.17, 15) is 30.0 Å². The van der Waals surface area contributed by atoms with Crippen LogP contribution in [0.15, 0.2) is 54.8 Å². The average molecular weight is 396 g/mol. The van der Waals surface area contributed by atoms with Crippen LogP contribution in [-0.4, -0.2) is 26.7 Å². The molecule has 3 heterocycles. The summed E-state index contributed by atoms with van der Waals surface area (Å²) in [5.74, 6) is -2.91. The van der Waals surface area contributed by atoms with E-state index < -0.39 is 34.8 Å². The minimum atomic E-state index is -1.75. The molecule has 9 nitrogen and oxygen atoms in total. The molecule has 146 valence electrons. The van der Waals surface area contributed by atoms with Crippen LogP contribution in [0.3, 0.4) is 0 Å². The zero-order valence-electron chi connectivity index (χ0n) is 14.4. The number of hydrogen-bond acceptors (Lipinski definition) is 9. The van der Waals surface area contributed by atoms with E-state index >= 15 is 0 Å². The number of rotatable bonds is 1. The van der Waals surface area contributed by atoms with Crippen LogP contribution in [0.2, 0.25) is 0 Å². The smallest absolute Gasteiger partial charge is 0.344 e. The summed E-state index contributed by atoms with van der Waals surface area (Å²) in [7, 11) is 0. The zero-order chi connectivity index (χ0) is 20.4. The third kappa shape index (κ3) is 2.25. The summed E-state index contributed by atoms with van der Waals surface area (Å²) in [6.07, 6.45) is -1.75. The predicted octanol–water partition coefficient (Wildman–Crippen LogP) is 1.86. The first-order valence-electron chi connectivity index (χ1n) is 8.49. The van der Waals surface area contributed by atoms with E-state index in [2.05, 4.69) is 0 Å². The molecule has 4 N–H and O–H groups in total. The molecular weight excluding hydrogens is 384 g/mol. The van der Waals surface area contributed by atoms with Crippen molar-refractivity contribution in [2.45, 2.75) is 12.2 Å². The van der Waals surface area contributed by atoms with Crippen LogP contribution in [-0.2, 0) is 0 Å². The number of hydrogen-bond donors (Lipinski definition) is 4. The number of ether oxygens (including phenoxy) is 1. The molecule has 4 aromatic rings. The van der Waals surface area contributed by atoms with E-state index in [1.165, 1.54) is 36.4 Å². The van der Waals surface area contributed by atoms with E-state index in [-0.39, 0.29) is 44.8 Å². The van der Waals surface area contributed by atoms with Crippen LogP contribution in [0.5, 0.6) is 23.0 Å². The average Bonchev–Trinajstić information content (AvgIpc) is 2.99. The summed E-state index contributed by atoms with van der Waals surface area (Å²) in [6, 6.07) is 8.30.